The molecule has 1 aliphatic heterocycles. The molecule has 0 radical (unpaired) electrons. The number of piperidine rings is 1. The highest BCUT2D eigenvalue weighted by Crippen LogP contribution is 2.32. The Morgan fingerprint density at radius 2 is 1.87 bits per heavy atom. The van der Waals surface area contributed by atoms with Crippen molar-refractivity contribution in [2.75, 3.05) is 13.1 Å². The van der Waals surface area contributed by atoms with E-state index in [0.29, 0.717) is 19.6 Å². The van der Waals surface area contributed by atoms with E-state index >= 15 is 0 Å². The highest BCUT2D eigenvalue weighted by Gasteiger charge is 2.44. The molecule has 8 heteroatoms. The molecule has 0 amide bonds. The summed E-state index contributed by atoms with van der Waals surface area (Å²) in [5.41, 5.74) is 0.748. The van der Waals surface area contributed by atoms with Crippen LogP contribution in [-0.2, 0) is 6.54 Å². The quantitative estimate of drug-likeness (QED) is 0.835. The highest BCUT2D eigenvalue weighted by atomic mass is 19.4. The molecule has 1 aromatic carbocycles. The molecule has 1 N–H and O–H groups in total. The zero-order valence-corrected chi connectivity index (χ0v) is 12.3. The van der Waals surface area contributed by atoms with Crippen molar-refractivity contribution in [1.29, 1.82) is 0 Å². The molecule has 1 heterocycles. The van der Waals surface area contributed by atoms with Gasteiger partial charge in [-0.2, -0.15) is 22.0 Å². The Balaban J connectivity index is 1.87. The standard InChI is InChI=1S/C15H18F5NO2/c16-14(17)23-12-3-1-2-10(8-12)9-21-6-4-11(5-7-21)13(22)15(18,19)20/h1-3,8,11,13-14,22H,4-7,9H2. The number of halogens is 5. The molecule has 0 bridgehead atoms. The summed E-state index contributed by atoms with van der Waals surface area (Å²) >= 11 is 0. The average Bonchev–Trinajstić information content (AvgIpc) is 2.46. The van der Waals surface area contributed by atoms with Gasteiger partial charge in [0.15, 0.2) is 6.10 Å². The third kappa shape index (κ3) is 5.31. The van der Waals surface area contributed by atoms with Crippen LogP contribution in [0.4, 0.5) is 22.0 Å². The van der Waals surface area contributed by atoms with Gasteiger partial charge < -0.3 is 9.84 Å². The van der Waals surface area contributed by atoms with Crippen molar-refractivity contribution in [2.24, 2.45) is 5.92 Å². The third-order valence-corrected chi connectivity index (χ3v) is 3.94. The SMILES string of the molecule is OC(C1CCN(Cc2cccc(OC(F)F)c2)CC1)C(F)(F)F. The summed E-state index contributed by atoms with van der Waals surface area (Å²) in [5.74, 6) is -0.736. The minimum atomic E-state index is -4.59. The summed E-state index contributed by atoms with van der Waals surface area (Å²) in [5, 5.41) is 9.28. The van der Waals surface area contributed by atoms with Gasteiger partial charge in [-0.25, -0.2) is 0 Å². The molecule has 1 aliphatic rings. The van der Waals surface area contributed by atoms with Crippen LogP contribution in [0.1, 0.15) is 18.4 Å². The summed E-state index contributed by atoms with van der Waals surface area (Å²) < 4.78 is 66.1. The van der Waals surface area contributed by atoms with Crippen molar-refractivity contribution in [3.8, 4) is 5.75 Å². The second kappa shape index (κ2) is 7.44. The molecule has 0 aliphatic carbocycles. The molecule has 3 nitrogen and oxygen atoms in total. The van der Waals surface area contributed by atoms with Crippen LogP contribution in [0.2, 0.25) is 0 Å². The van der Waals surface area contributed by atoms with E-state index in [1.807, 2.05) is 4.90 Å². The molecule has 0 spiro atoms. The summed E-state index contributed by atoms with van der Waals surface area (Å²) in [6.07, 6.45) is -6.39. The average molecular weight is 339 g/mol. The van der Waals surface area contributed by atoms with E-state index in [1.165, 1.54) is 12.1 Å². The topological polar surface area (TPSA) is 32.7 Å². The number of rotatable bonds is 5. The van der Waals surface area contributed by atoms with E-state index in [1.54, 1.807) is 12.1 Å². The summed E-state index contributed by atoms with van der Waals surface area (Å²) in [4.78, 5) is 1.93. The van der Waals surface area contributed by atoms with Crippen LogP contribution in [0.3, 0.4) is 0 Å². The number of hydrogen-bond donors (Lipinski definition) is 1. The number of benzene rings is 1. The van der Waals surface area contributed by atoms with E-state index in [9.17, 15) is 27.1 Å². The van der Waals surface area contributed by atoms with E-state index in [2.05, 4.69) is 4.74 Å². The maximum Gasteiger partial charge on any atom is 0.414 e. The Kier molecular flexibility index (Phi) is 5.80. The Morgan fingerprint density at radius 3 is 2.43 bits per heavy atom. The molecular formula is C15H18F5NO2. The fourth-order valence-corrected chi connectivity index (χ4v) is 2.77. The summed E-state index contributed by atoms with van der Waals surface area (Å²) in [7, 11) is 0. The van der Waals surface area contributed by atoms with Gasteiger partial charge in [-0.1, -0.05) is 12.1 Å². The van der Waals surface area contributed by atoms with Crippen LogP contribution < -0.4 is 4.74 Å². The van der Waals surface area contributed by atoms with Crippen molar-refractivity contribution >= 4 is 0 Å². The predicted molar refractivity (Wildman–Crippen MR) is 73.1 cm³/mol. The van der Waals surface area contributed by atoms with Crippen LogP contribution in [0, 0.1) is 5.92 Å². The van der Waals surface area contributed by atoms with E-state index < -0.39 is 24.8 Å². The molecule has 1 fully saturated rings. The highest BCUT2D eigenvalue weighted by molar-refractivity contribution is 5.28. The molecule has 1 unspecified atom stereocenters. The van der Waals surface area contributed by atoms with E-state index in [4.69, 9.17) is 0 Å². The number of hydrogen-bond acceptors (Lipinski definition) is 3. The van der Waals surface area contributed by atoms with E-state index in [0.717, 1.165) is 5.56 Å². The van der Waals surface area contributed by atoms with E-state index in [-0.39, 0.29) is 18.6 Å². The van der Waals surface area contributed by atoms with Gasteiger partial charge in [0.2, 0.25) is 0 Å². The summed E-state index contributed by atoms with van der Waals surface area (Å²) in [6.45, 7) is -1.63. The zero-order chi connectivity index (χ0) is 17.0. The van der Waals surface area contributed by atoms with Crippen molar-refractivity contribution < 1.29 is 31.8 Å². The normalized spacial score (nSPS) is 19.1. The molecule has 0 aromatic heterocycles. The molecule has 1 atom stereocenters. The molecule has 0 saturated carbocycles. The lowest BCUT2D eigenvalue weighted by atomic mass is 9.90. The number of aliphatic hydroxyl groups is 1. The van der Waals surface area contributed by atoms with Crippen LogP contribution >= 0.6 is 0 Å². The van der Waals surface area contributed by atoms with Crippen molar-refractivity contribution in [3.63, 3.8) is 0 Å². The smallest absolute Gasteiger partial charge is 0.414 e. The molecule has 130 valence electrons. The number of likely N-dealkylation sites (tertiary alicyclic amines) is 1. The molecular weight excluding hydrogens is 321 g/mol. The number of aliphatic hydroxyl groups excluding tert-OH is 1. The van der Waals surface area contributed by atoms with Gasteiger partial charge >= 0.3 is 12.8 Å². The van der Waals surface area contributed by atoms with Gasteiger partial charge in [0.1, 0.15) is 5.75 Å². The van der Waals surface area contributed by atoms with Crippen LogP contribution in [0.25, 0.3) is 0 Å². The molecule has 2 rings (SSSR count). The fraction of sp³-hybridized carbons (Fsp3) is 0.600. The zero-order valence-electron chi connectivity index (χ0n) is 12.3. The third-order valence-electron chi connectivity index (χ3n) is 3.94. The second-order valence-corrected chi connectivity index (χ2v) is 5.63. The van der Waals surface area contributed by atoms with Gasteiger partial charge in [-0.05, 0) is 49.5 Å². The first-order valence-electron chi connectivity index (χ1n) is 7.26. The van der Waals surface area contributed by atoms with Gasteiger partial charge in [0.25, 0.3) is 0 Å². The van der Waals surface area contributed by atoms with Gasteiger partial charge in [0.05, 0.1) is 0 Å². The predicted octanol–water partition coefficient (Wildman–Crippen LogP) is 3.42. The number of ether oxygens (including phenoxy) is 1. The molecule has 1 saturated heterocycles. The number of alkyl halides is 5. The van der Waals surface area contributed by atoms with Crippen LogP contribution in [-0.4, -0.2) is 42.0 Å². The van der Waals surface area contributed by atoms with Gasteiger partial charge in [-0.3, -0.25) is 4.90 Å². The minimum absolute atomic E-state index is 0.0554. The van der Waals surface area contributed by atoms with Crippen LogP contribution in [0.5, 0.6) is 5.75 Å². The minimum Gasteiger partial charge on any atom is -0.435 e. The van der Waals surface area contributed by atoms with Crippen LogP contribution in [0.15, 0.2) is 24.3 Å². The Hall–Kier alpha value is -1.41. The first-order chi connectivity index (χ1) is 10.8. The first-order valence-corrected chi connectivity index (χ1v) is 7.26. The maximum absolute atomic E-state index is 12.5. The van der Waals surface area contributed by atoms with Gasteiger partial charge in [0, 0.05) is 6.54 Å². The first kappa shape index (κ1) is 17.9. The molecule has 1 aromatic rings. The Labute approximate surface area is 130 Å². The Bertz CT molecular complexity index is 501. The molecule has 23 heavy (non-hydrogen) atoms. The summed E-state index contributed by atoms with van der Waals surface area (Å²) in [6, 6.07) is 6.24. The van der Waals surface area contributed by atoms with Crippen molar-refractivity contribution in [1.82, 2.24) is 4.90 Å². The monoisotopic (exact) mass is 339 g/mol. The second-order valence-electron chi connectivity index (χ2n) is 5.63. The Morgan fingerprint density at radius 1 is 1.22 bits per heavy atom. The van der Waals surface area contributed by atoms with Gasteiger partial charge in [-0.15, -0.1) is 0 Å². The maximum atomic E-state index is 12.5. The fourth-order valence-electron chi connectivity index (χ4n) is 2.77. The largest absolute Gasteiger partial charge is 0.435 e. The lowest BCUT2D eigenvalue weighted by molar-refractivity contribution is -0.223. The van der Waals surface area contributed by atoms with Crippen molar-refractivity contribution in [2.45, 2.75) is 38.3 Å². The number of nitrogens with zero attached hydrogens (tertiary/aromatic N) is 1. The lowest BCUT2D eigenvalue weighted by Gasteiger charge is -2.34. The lowest BCUT2D eigenvalue weighted by Crippen LogP contribution is -2.43. The van der Waals surface area contributed by atoms with Crippen molar-refractivity contribution in [3.05, 3.63) is 29.8 Å².